The lowest BCUT2D eigenvalue weighted by Gasteiger charge is -2.23. The lowest BCUT2D eigenvalue weighted by atomic mass is 10.1. The molecule has 2 aromatic rings. The molecule has 9 heteroatoms. The standard InChI is InChI=1S/C17H12Br2N4O3/c1-9-13(18)3-11(5-15(9)21-7-24)23(17(20)26)12-4-14(19)10(2)16(6-12)22-8-25/h3-6H,1-2H3,(H2,20,26). The van der Waals surface area contributed by atoms with Crippen LogP contribution in [0.2, 0.25) is 0 Å². The van der Waals surface area contributed by atoms with Crippen molar-refractivity contribution < 1.29 is 14.4 Å². The second-order valence-corrected chi connectivity index (χ2v) is 6.93. The molecule has 0 saturated carbocycles. The van der Waals surface area contributed by atoms with Gasteiger partial charge in [0.1, 0.15) is 0 Å². The molecule has 0 saturated heterocycles. The van der Waals surface area contributed by atoms with E-state index in [1.807, 2.05) is 0 Å². The van der Waals surface area contributed by atoms with Crippen LogP contribution in [0.5, 0.6) is 0 Å². The lowest BCUT2D eigenvalue weighted by Crippen LogP contribution is -2.31. The van der Waals surface area contributed by atoms with E-state index in [0.717, 1.165) is 0 Å². The van der Waals surface area contributed by atoms with Gasteiger partial charge in [-0.05, 0) is 49.2 Å². The summed E-state index contributed by atoms with van der Waals surface area (Å²) in [4.78, 5) is 41.9. The number of amides is 2. The number of carbonyl (C=O) groups is 1. The largest absolute Gasteiger partial charge is 0.351 e. The van der Waals surface area contributed by atoms with E-state index in [-0.39, 0.29) is 0 Å². The van der Waals surface area contributed by atoms with Gasteiger partial charge in [0.2, 0.25) is 12.2 Å². The van der Waals surface area contributed by atoms with Crippen molar-refractivity contribution in [1.29, 1.82) is 0 Å². The smallest absolute Gasteiger partial charge is 0.323 e. The van der Waals surface area contributed by atoms with Gasteiger partial charge in [-0.2, -0.15) is 9.98 Å². The third-order valence-electron chi connectivity index (χ3n) is 3.67. The molecule has 0 aliphatic rings. The third-order valence-corrected chi connectivity index (χ3v) is 5.32. The van der Waals surface area contributed by atoms with E-state index in [4.69, 9.17) is 5.73 Å². The third kappa shape index (κ3) is 3.98. The molecule has 132 valence electrons. The highest BCUT2D eigenvalue weighted by molar-refractivity contribution is 9.10. The van der Waals surface area contributed by atoms with Gasteiger partial charge in [-0.25, -0.2) is 14.4 Å². The first kappa shape index (κ1) is 19.8. The molecule has 0 radical (unpaired) electrons. The molecule has 0 aromatic heterocycles. The highest BCUT2D eigenvalue weighted by Crippen LogP contribution is 2.38. The Bertz CT molecular complexity index is 920. The molecule has 2 rings (SSSR count). The SMILES string of the molecule is Cc1c(Br)cc(N(C(N)=O)c2cc(Br)c(C)c(N=C=O)c2)cc1N=C=O. The van der Waals surface area contributed by atoms with E-state index in [1.54, 1.807) is 26.0 Å². The number of benzene rings is 2. The fraction of sp³-hybridized carbons (Fsp3) is 0.118. The van der Waals surface area contributed by atoms with Crippen LogP contribution in [-0.2, 0) is 9.59 Å². The molecule has 2 amide bonds. The Morgan fingerprint density at radius 2 is 1.31 bits per heavy atom. The minimum atomic E-state index is -0.765. The maximum absolute atomic E-state index is 12.1. The molecule has 0 fully saturated rings. The molecule has 0 atom stereocenters. The molecule has 0 aliphatic carbocycles. The van der Waals surface area contributed by atoms with Crippen LogP contribution < -0.4 is 10.6 Å². The zero-order valence-electron chi connectivity index (χ0n) is 13.7. The van der Waals surface area contributed by atoms with E-state index >= 15 is 0 Å². The van der Waals surface area contributed by atoms with Crippen LogP contribution in [0.3, 0.4) is 0 Å². The van der Waals surface area contributed by atoms with Crippen LogP contribution >= 0.6 is 31.9 Å². The van der Waals surface area contributed by atoms with Crippen molar-refractivity contribution >= 4 is 72.8 Å². The first-order chi connectivity index (χ1) is 12.3. The van der Waals surface area contributed by atoms with Crippen molar-refractivity contribution in [2.24, 2.45) is 15.7 Å². The van der Waals surface area contributed by atoms with E-state index in [9.17, 15) is 14.4 Å². The molecule has 26 heavy (non-hydrogen) atoms. The Labute approximate surface area is 165 Å². The number of urea groups is 1. The maximum atomic E-state index is 12.1. The van der Waals surface area contributed by atoms with Gasteiger partial charge >= 0.3 is 6.03 Å². The second-order valence-electron chi connectivity index (χ2n) is 5.22. The fourth-order valence-corrected chi connectivity index (χ4v) is 3.17. The molecular weight excluding hydrogens is 468 g/mol. The number of rotatable bonds is 4. The normalized spacial score (nSPS) is 9.85. The van der Waals surface area contributed by atoms with Gasteiger partial charge in [0.15, 0.2) is 0 Å². The number of hydrogen-bond acceptors (Lipinski definition) is 5. The van der Waals surface area contributed by atoms with Crippen molar-refractivity contribution in [3.8, 4) is 0 Å². The number of hydrogen-bond donors (Lipinski definition) is 1. The van der Waals surface area contributed by atoms with Crippen LogP contribution in [0.4, 0.5) is 27.5 Å². The fourth-order valence-electron chi connectivity index (χ4n) is 2.29. The molecule has 0 heterocycles. The number of aliphatic imine (C=N–C) groups is 2. The van der Waals surface area contributed by atoms with Crippen molar-refractivity contribution in [1.82, 2.24) is 0 Å². The van der Waals surface area contributed by atoms with Crippen molar-refractivity contribution in [3.05, 3.63) is 44.3 Å². The summed E-state index contributed by atoms with van der Waals surface area (Å²) in [6.07, 6.45) is 2.97. The summed E-state index contributed by atoms with van der Waals surface area (Å²) in [7, 11) is 0. The minimum Gasteiger partial charge on any atom is -0.351 e. The number of nitrogens with two attached hydrogens (primary N) is 1. The predicted octanol–water partition coefficient (Wildman–Crippen LogP) is 4.98. The number of primary amides is 1. The summed E-state index contributed by atoms with van der Waals surface area (Å²) in [5.41, 5.74) is 8.41. The summed E-state index contributed by atoms with van der Waals surface area (Å²) in [6, 6.07) is 5.64. The summed E-state index contributed by atoms with van der Waals surface area (Å²) < 4.78 is 1.26. The van der Waals surface area contributed by atoms with Gasteiger partial charge in [0.05, 0.1) is 22.7 Å². The van der Waals surface area contributed by atoms with Crippen LogP contribution in [0.15, 0.2) is 43.2 Å². The zero-order chi connectivity index (χ0) is 19.4. The minimum absolute atomic E-state index is 0.341. The van der Waals surface area contributed by atoms with Gasteiger partial charge in [-0.1, -0.05) is 31.9 Å². The molecule has 0 unspecified atom stereocenters. The van der Waals surface area contributed by atoms with E-state index in [1.165, 1.54) is 29.2 Å². The average Bonchev–Trinajstić information content (AvgIpc) is 2.57. The van der Waals surface area contributed by atoms with Crippen LogP contribution in [-0.4, -0.2) is 18.2 Å². The van der Waals surface area contributed by atoms with Gasteiger partial charge in [-0.15, -0.1) is 0 Å². The Kier molecular flexibility index (Phi) is 6.23. The monoisotopic (exact) mass is 478 g/mol. The Morgan fingerprint density at radius 3 is 1.62 bits per heavy atom. The van der Waals surface area contributed by atoms with Crippen molar-refractivity contribution in [2.75, 3.05) is 4.90 Å². The number of halogens is 2. The van der Waals surface area contributed by atoms with Crippen LogP contribution in [0.1, 0.15) is 11.1 Å². The Morgan fingerprint density at radius 1 is 0.923 bits per heavy atom. The summed E-state index contributed by atoms with van der Waals surface area (Å²) in [6.45, 7) is 3.52. The Balaban J connectivity index is 2.74. The summed E-state index contributed by atoms with van der Waals surface area (Å²) in [5.74, 6) is 0. The van der Waals surface area contributed by atoms with Crippen molar-refractivity contribution in [3.63, 3.8) is 0 Å². The number of anilines is 2. The summed E-state index contributed by atoms with van der Waals surface area (Å²) >= 11 is 6.75. The van der Waals surface area contributed by atoms with Gasteiger partial charge in [-0.3, -0.25) is 4.90 Å². The van der Waals surface area contributed by atoms with Gasteiger partial charge in [0.25, 0.3) is 0 Å². The zero-order valence-corrected chi connectivity index (χ0v) is 16.9. The molecule has 0 aliphatic heterocycles. The van der Waals surface area contributed by atoms with Crippen molar-refractivity contribution in [2.45, 2.75) is 13.8 Å². The van der Waals surface area contributed by atoms with E-state index < -0.39 is 6.03 Å². The molecule has 2 N–H and O–H groups in total. The molecule has 0 bridgehead atoms. The highest BCUT2D eigenvalue weighted by Gasteiger charge is 2.20. The number of nitrogens with zero attached hydrogens (tertiary/aromatic N) is 3. The van der Waals surface area contributed by atoms with Gasteiger partial charge in [0, 0.05) is 8.95 Å². The highest BCUT2D eigenvalue weighted by atomic mass is 79.9. The number of carbonyl (C=O) groups excluding carboxylic acids is 3. The maximum Gasteiger partial charge on any atom is 0.323 e. The molecule has 2 aromatic carbocycles. The second kappa shape index (κ2) is 8.21. The first-order valence-corrected chi connectivity index (χ1v) is 8.74. The van der Waals surface area contributed by atoms with Gasteiger partial charge < -0.3 is 5.73 Å². The lowest BCUT2D eigenvalue weighted by molar-refractivity contribution is 0.256. The first-order valence-electron chi connectivity index (χ1n) is 7.15. The topological polar surface area (TPSA) is 105 Å². The quantitative estimate of drug-likeness (QED) is 0.493. The molecular formula is C17H12Br2N4O3. The van der Waals surface area contributed by atoms with E-state index in [2.05, 4.69) is 41.8 Å². The Hall–Kier alpha value is -2.57. The average molecular weight is 480 g/mol. The molecule has 0 spiro atoms. The van der Waals surface area contributed by atoms with E-state index in [0.29, 0.717) is 42.8 Å². The van der Waals surface area contributed by atoms with Crippen LogP contribution in [0.25, 0.3) is 0 Å². The predicted molar refractivity (Wildman–Crippen MR) is 105 cm³/mol. The summed E-state index contributed by atoms with van der Waals surface area (Å²) in [5, 5.41) is 0. The number of isocyanates is 2. The molecule has 7 nitrogen and oxygen atoms in total. The van der Waals surface area contributed by atoms with Crippen LogP contribution in [0, 0.1) is 13.8 Å².